The third-order valence-electron chi connectivity index (χ3n) is 6.39. The van der Waals surface area contributed by atoms with Crippen LogP contribution in [0.15, 0.2) is 48.8 Å². The van der Waals surface area contributed by atoms with E-state index in [1.54, 1.807) is 24.5 Å². The summed E-state index contributed by atoms with van der Waals surface area (Å²) in [6.45, 7) is 3.36. The zero-order chi connectivity index (χ0) is 23.6. The number of carbonyl (C=O) groups excluding carboxylic acids is 1. The second-order valence-corrected chi connectivity index (χ2v) is 9.04. The number of pyridine rings is 1. The fraction of sp³-hybridized carbons (Fsp3) is 0.375. The monoisotopic (exact) mass is 473 g/mol. The number of ether oxygens (including phenoxy) is 1. The third-order valence-corrected chi connectivity index (χ3v) is 6.39. The summed E-state index contributed by atoms with van der Waals surface area (Å²) in [6.07, 6.45) is 5.89. The molecule has 180 valence electrons. The first kappa shape index (κ1) is 21.7. The summed E-state index contributed by atoms with van der Waals surface area (Å²) in [7, 11) is 0. The van der Waals surface area contributed by atoms with Gasteiger partial charge in [0.1, 0.15) is 0 Å². The number of anilines is 4. The van der Waals surface area contributed by atoms with Crippen LogP contribution in [0.3, 0.4) is 0 Å². The molecule has 5 heterocycles. The Hall–Kier alpha value is -3.83. The summed E-state index contributed by atoms with van der Waals surface area (Å²) in [5, 5.41) is 12.3. The van der Waals surface area contributed by atoms with Crippen molar-refractivity contribution in [1.82, 2.24) is 25.3 Å². The Morgan fingerprint density at radius 2 is 1.74 bits per heavy atom. The Labute approximate surface area is 202 Å². The SMILES string of the molecule is O=C(Nc1ccc(-c2nc(NC3CNC3)nc(N3CC4CCC(C3)O4)n2)cc1)Nc1cccnc1. The van der Waals surface area contributed by atoms with Crippen molar-refractivity contribution in [2.45, 2.75) is 31.1 Å². The number of amides is 2. The van der Waals surface area contributed by atoms with Crippen molar-refractivity contribution in [3.05, 3.63) is 48.8 Å². The lowest BCUT2D eigenvalue weighted by molar-refractivity contribution is 0.0299. The number of hydrogen-bond acceptors (Lipinski definition) is 9. The maximum absolute atomic E-state index is 12.3. The molecule has 3 aliphatic heterocycles. The van der Waals surface area contributed by atoms with E-state index in [2.05, 4.69) is 31.2 Å². The summed E-state index contributed by atoms with van der Waals surface area (Å²) < 4.78 is 5.99. The average Bonchev–Trinajstić information content (AvgIpc) is 3.19. The van der Waals surface area contributed by atoms with Gasteiger partial charge in [0.05, 0.1) is 30.1 Å². The topological polar surface area (TPSA) is 129 Å². The Morgan fingerprint density at radius 3 is 2.43 bits per heavy atom. The Kier molecular flexibility index (Phi) is 5.84. The Morgan fingerprint density at radius 1 is 0.971 bits per heavy atom. The van der Waals surface area contributed by atoms with Crippen LogP contribution >= 0.6 is 0 Å². The van der Waals surface area contributed by atoms with Crippen LogP contribution in [-0.4, -0.2) is 70.4 Å². The summed E-state index contributed by atoms with van der Waals surface area (Å²) >= 11 is 0. The molecule has 2 aromatic heterocycles. The standard InChI is InChI=1S/C24H27N9O2/c34-24(29-17-2-1-9-25-10-17)28-16-5-3-15(4-6-16)21-30-22(27-18-11-26-12-18)32-23(31-21)33-13-19-7-8-20(14-33)35-19/h1-6,9-10,18-20,26H,7-8,11-14H2,(H2,28,29,34)(H,27,30,31,32). The number of nitrogens with zero attached hydrogens (tertiary/aromatic N) is 5. The smallest absolute Gasteiger partial charge is 0.323 e. The number of carbonyl (C=O) groups is 1. The summed E-state index contributed by atoms with van der Waals surface area (Å²) in [5.74, 6) is 1.84. The first-order valence-electron chi connectivity index (χ1n) is 11.9. The van der Waals surface area contributed by atoms with Crippen LogP contribution in [0.5, 0.6) is 0 Å². The van der Waals surface area contributed by atoms with Gasteiger partial charge in [-0.3, -0.25) is 4.98 Å². The molecular weight excluding hydrogens is 446 g/mol. The molecule has 0 radical (unpaired) electrons. The van der Waals surface area contributed by atoms with Gasteiger partial charge in [0, 0.05) is 43.6 Å². The summed E-state index contributed by atoms with van der Waals surface area (Å²) in [4.78, 5) is 32.7. The lowest BCUT2D eigenvalue weighted by Crippen LogP contribution is -2.51. The number of urea groups is 1. The van der Waals surface area contributed by atoms with E-state index in [0.29, 0.717) is 35.1 Å². The van der Waals surface area contributed by atoms with E-state index in [-0.39, 0.29) is 18.2 Å². The van der Waals surface area contributed by atoms with Crippen molar-refractivity contribution in [2.75, 3.05) is 47.0 Å². The molecule has 2 amide bonds. The highest BCUT2D eigenvalue weighted by atomic mass is 16.5. The van der Waals surface area contributed by atoms with Gasteiger partial charge in [0.25, 0.3) is 0 Å². The van der Waals surface area contributed by atoms with Crippen LogP contribution in [-0.2, 0) is 4.74 Å². The van der Waals surface area contributed by atoms with Crippen LogP contribution in [0.4, 0.5) is 28.1 Å². The number of fused-ring (bicyclic) bond motifs is 2. The van der Waals surface area contributed by atoms with Crippen LogP contribution < -0.4 is 26.2 Å². The van der Waals surface area contributed by atoms with E-state index in [4.69, 9.17) is 19.7 Å². The summed E-state index contributed by atoms with van der Waals surface area (Å²) in [6, 6.07) is 11.0. The number of benzene rings is 1. The molecule has 0 saturated carbocycles. The molecular formula is C24H27N9O2. The molecule has 11 nitrogen and oxygen atoms in total. The predicted octanol–water partition coefficient (Wildman–Crippen LogP) is 2.33. The number of aromatic nitrogens is 4. The van der Waals surface area contributed by atoms with Crippen molar-refractivity contribution < 1.29 is 9.53 Å². The molecule has 2 unspecified atom stereocenters. The maximum Gasteiger partial charge on any atom is 0.323 e. The lowest BCUT2D eigenvalue weighted by Gasteiger charge is -2.33. The molecule has 3 saturated heterocycles. The predicted molar refractivity (Wildman–Crippen MR) is 133 cm³/mol. The highest BCUT2D eigenvalue weighted by Gasteiger charge is 2.35. The molecule has 4 N–H and O–H groups in total. The third kappa shape index (κ3) is 5.00. The number of hydrogen-bond donors (Lipinski definition) is 4. The first-order valence-corrected chi connectivity index (χ1v) is 11.9. The molecule has 2 atom stereocenters. The molecule has 1 aromatic carbocycles. The van der Waals surface area contributed by atoms with E-state index >= 15 is 0 Å². The zero-order valence-corrected chi connectivity index (χ0v) is 19.1. The van der Waals surface area contributed by atoms with E-state index in [1.165, 1.54) is 0 Å². The van der Waals surface area contributed by atoms with Gasteiger partial charge in [-0.1, -0.05) is 0 Å². The van der Waals surface area contributed by atoms with E-state index in [1.807, 2.05) is 24.3 Å². The van der Waals surface area contributed by atoms with Crippen LogP contribution in [0.1, 0.15) is 12.8 Å². The zero-order valence-electron chi connectivity index (χ0n) is 19.1. The molecule has 11 heteroatoms. The molecule has 0 spiro atoms. The van der Waals surface area contributed by atoms with Gasteiger partial charge in [-0.25, -0.2) is 4.79 Å². The highest BCUT2D eigenvalue weighted by molar-refractivity contribution is 5.99. The maximum atomic E-state index is 12.3. The molecule has 2 bridgehead atoms. The van der Waals surface area contributed by atoms with Gasteiger partial charge >= 0.3 is 6.03 Å². The molecule has 3 fully saturated rings. The van der Waals surface area contributed by atoms with Gasteiger partial charge < -0.3 is 30.9 Å². The molecule has 35 heavy (non-hydrogen) atoms. The summed E-state index contributed by atoms with van der Waals surface area (Å²) in [5.41, 5.74) is 2.13. The quantitative estimate of drug-likeness (QED) is 0.426. The van der Waals surface area contributed by atoms with Crippen LogP contribution in [0.25, 0.3) is 11.4 Å². The second-order valence-electron chi connectivity index (χ2n) is 9.04. The molecule has 3 aromatic rings. The second kappa shape index (κ2) is 9.43. The normalized spacial score (nSPS) is 21.3. The lowest BCUT2D eigenvalue weighted by atomic mass is 10.2. The number of nitrogens with one attached hydrogen (secondary N) is 4. The van der Waals surface area contributed by atoms with Gasteiger partial charge in [0.2, 0.25) is 11.9 Å². The van der Waals surface area contributed by atoms with Gasteiger partial charge in [-0.15, -0.1) is 0 Å². The van der Waals surface area contributed by atoms with Crippen LogP contribution in [0.2, 0.25) is 0 Å². The fourth-order valence-corrected chi connectivity index (χ4v) is 4.48. The molecule has 6 rings (SSSR count). The minimum Gasteiger partial charge on any atom is -0.371 e. The molecule has 0 aliphatic carbocycles. The van der Waals surface area contributed by atoms with Gasteiger partial charge in [0.15, 0.2) is 5.82 Å². The van der Waals surface area contributed by atoms with Crippen molar-refractivity contribution in [1.29, 1.82) is 0 Å². The van der Waals surface area contributed by atoms with Crippen LogP contribution in [0, 0.1) is 0 Å². The van der Waals surface area contributed by atoms with Gasteiger partial charge in [-0.2, -0.15) is 15.0 Å². The number of morpholine rings is 1. The van der Waals surface area contributed by atoms with Gasteiger partial charge in [-0.05, 0) is 49.2 Å². The van der Waals surface area contributed by atoms with Crippen molar-refractivity contribution in [2.24, 2.45) is 0 Å². The molecule has 3 aliphatic rings. The first-order chi connectivity index (χ1) is 17.2. The Bertz CT molecular complexity index is 1180. The van der Waals surface area contributed by atoms with E-state index < -0.39 is 0 Å². The minimum atomic E-state index is -0.337. The van der Waals surface area contributed by atoms with E-state index in [0.717, 1.165) is 44.6 Å². The average molecular weight is 474 g/mol. The highest BCUT2D eigenvalue weighted by Crippen LogP contribution is 2.30. The van der Waals surface area contributed by atoms with E-state index in [9.17, 15) is 4.79 Å². The fourth-order valence-electron chi connectivity index (χ4n) is 4.48. The number of rotatable bonds is 6. The van der Waals surface area contributed by atoms with Crippen molar-refractivity contribution in [3.8, 4) is 11.4 Å². The van der Waals surface area contributed by atoms with Crippen molar-refractivity contribution in [3.63, 3.8) is 0 Å². The Balaban J connectivity index is 1.20. The largest absolute Gasteiger partial charge is 0.371 e. The van der Waals surface area contributed by atoms with Crippen molar-refractivity contribution >= 4 is 29.3 Å². The minimum absolute atomic E-state index is 0.240.